The molecule has 0 heterocycles. The Labute approximate surface area is 123 Å². The highest BCUT2D eigenvalue weighted by molar-refractivity contribution is 5.56. The van der Waals surface area contributed by atoms with Gasteiger partial charge in [0.15, 0.2) is 0 Å². The molecule has 0 saturated carbocycles. The van der Waals surface area contributed by atoms with Crippen molar-refractivity contribution in [3.63, 3.8) is 0 Å². The van der Waals surface area contributed by atoms with Crippen molar-refractivity contribution < 1.29 is 5.11 Å². The second-order valence-corrected chi connectivity index (χ2v) is 4.90. The van der Waals surface area contributed by atoms with Gasteiger partial charge < -0.3 is 10.4 Å². The van der Waals surface area contributed by atoms with Gasteiger partial charge in [-0.25, -0.2) is 0 Å². The highest BCUT2D eigenvalue weighted by Gasteiger charge is 2.07. The summed E-state index contributed by atoms with van der Waals surface area (Å²) in [5.41, 5.74) is 2.69. The van der Waals surface area contributed by atoms with Crippen LogP contribution in [-0.2, 0) is 6.42 Å². The van der Waals surface area contributed by atoms with Gasteiger partial charge in [-0.05, 0) is 49.2 Å². The van der Waals surface area contributed by atoms with Gasteiger partial charge in [-0.1, -0.05) is 12.1 Å². The second kappa shape index (κ2) is 6.45. The molecule has 0 spiro atoms. The molecule has 2 aromatic carbocycles. The summed E-state index contributed by atoms with van der Waals surface area (Å²) in [5, 5.41) is 30.5. The van der Waals surface area contributed by atoms with E-state index in [9.17, 15) is 5.11 Å². The molecule has 4 heteroatoms. The van der Waals surface area contributed by atoms with Crippen molar-refractivity contribution in [3.05, 3.63) is 59.2 Å². The molecular weight excluding hydrogens is 262 g/mol. The molecule has 0 aliphatic carbocycles. The number of aromatic hydroxyl groups is 1. The average Bonchev–Trinajstić information content (AvgIpc) is 2.49. The molecular formula is C17H15N3O. The van der Waals surface area contributed by atoms with E-state index in [0.29, 0.717) is 11.1 Å². The molecule has 0 aromatic heterocycles. The average molecular weight is 277 g/mol. The molecule has 0 aliphatic rings. The van der Waals surface area contributed by atoms with E-state index >= 15 is 0 Å². The summed E-state index contributed by atoms with van der Waals surface area (Å²) in [5.74, 6) is 0.255. The van der Waals surface area contributed by atoms with Crippen LogP contribution in [0.5, 0.6) is 5.75 Å². The van der Waals surface area contributed by atoms with Gasteiger partial charge in [-0.2, -0.15) is 10.5 Å². The number of phenols is 1. The van der Waals surface area contributed by atoms with Crippen LogP contribution in [0.4, 0.5) is 5.69 Å². The number of nitrogens with one attached hydrogen (secondary N) is 1. The number of rotatable bonds is 4. The third-order valence-electron chi connectivity index (χ3n) is 3.15. The summed E-state index contributed by atoms with van der Waals surface area (Å²) in [4.78, 5) is 0. The molecule has 2 aromatic rings. The minimum atomic E-state index is 0.161. The Morgan fingerprint density at radius 1 is 1.05 bits per heavy atom. The van der Waals surface area contributed by atoms with Gasteiger partial charge >= 0.3 is 0 Å². The van der Waals surface area contributed by atoms with Crippen LogP contribution in [0.3, 0.4) is 0 Å². The Bertz CT molecular complexity index is 708. The van der Waals surface area contributed by atoms with Crippen molar-refractivity contribution in [2.45, 2.75) is 19.4 Å². The monoisotopic (exact) mass is 277 g/mol. The van der Waals surface area contributed by atoms with Crippen molar-refractivity contribution in [1.29, 1.82) is 10.5 Å². The lowest BCUT2D eigenvalue weighted by Gasteiger charge is -2.16. The lowest BCUT2D eigenvalue weighted by atomic mass is 10.1. The van der Waals surface area contributed by atoms with Crippen molar-refractivity contribution in [2.75, 3.05) is 5.32 Å². The van der Waals surface area contributed by atoms with Gasteiger partial charge in [0.05, 0.1) is 11.1 Å². The molecule has 0 radical (unpaired) electrons. The standard InChI is InChI=1S/C17H15N3O/c1-12(8-13-2-6-17(21)7-3-13)20-16-5-4-14(10-18)15(9-16)11-19/h2-7,9,12,20-21H,8H2,1H3. The zero-order chi connectivity index (χ0) is 15.2. The molecule has 0 fully saturated rings. The maximum Gasteiger partial charge on any atom is 0.115 e. The first-order chi connectivity index (χ1) is 10.1. The molecule has 4 nitrogen and oxygen atoms in total. The van der Waals surface area contributed by atoms with Crippen molar-refractivity contribution in [2.24, 2.45) is 0 Å². The number of phenolic OH excluding ortho intramolecular Hbond substituents is 1. The Morgan fingerprint density at radius 3 is 2.33 bits per heavy atom. The maximum atomic E-state index is 9.26. The first kappa shape index (κ1) is 14.4. The number of nitriles is 2. The predicted molar refractivity (Wildman–Crippen MR) is 80.8 cm³/mol. The number of hydrogen-bond acceptors (Lipinski definition) is 4. The van der Waals surface area contributed by atoms with Crippen LogP contribution in [0.25, 0.3) is 0 Å². The van der Waals surface area contributed by atoms with Crippen LogP contribution in [0, 0.1) is 22.7 Å². The van der Waals surface area contributed by atoms with Crippen LogP contribution in [-0.4, -0.2) is 11.1 Å². The van der Waals surface area contributed by atoms with E-state index in [2.05, 4.69) is 5.32 Å². The quantitative estimate of drug-likeness (QED) is 0.899. The smallest absolute Gasteiger partial charge is 0.115 e. The number of nitrogens with zero attached hydrogens (tertiary/aromatic N) is 2. The molecule has 1 atom stereocenters. The number of benzene rings is 2. The molecule has 0 saturated heterocycles. The van der Waals surface area contributed by atoms with Crippen LogP contribution < -0.4 is 5.32 Å². The summed E-state index contributed by atoms with van der Waals surface area (Å²) in [6, 6.07) is 16.4. The van der Waals surface area contributed by atoms with E-state index in [1.807, 2.05) is 31.2 Å². The zero-order valence-corrected chi connectivity index (χ0v) is 11.7. The second-order valence-electron chi connectivity index (χ2n) is 4.90. The lowest BCUT2D eigenvalue weighted by molar-refractivity contribution is 0.475. The Kier molecular flexibility index (Phi) is 4.43. The molecule has 21 heavy (non-hydrogen) atoms. The van der Waals surface area contributed by atoms with Gasteiger partial charge in [0.1, 0.15) is 17.9 Å². The largest absolute Gasteiger partial charge is 0.508 e. The SMILES string of the molecule is CC(Cc1ccc(O)cc1)Nc1ccc(C#N)c(C#N)c1. The molecule has 2 N–H and O–H groups in total. The van der Waals surface area contributed by atoms with E-state index in [-0.39, 0.29) is 11.8 Å². The van der Waals surface area contributed by atoms with E-state index < -0.39 is 0 Å². The van der Waals surface area contributed by atoms with Gasteiger partial charge in [-0.3, -0.25) is 0 Å². The first-order valence-electron chi connectivity index (χ1n) is 6.61. The van der Waals surface area contributed by atoms with Crippen LogP contribution in [0.1, 0.15) is 23.6 Å². The number of anilines is 1. The molecule has 2 rings (SSSR count). The minimum Gasteiger partial charge on any atom is -0.508 e. The molecule has 0 bridgehead atoms. The van der Waals surface area contributed by atoms with Crippen LogP contribution in [0.15, 0.2) is 42.5 Å². The van der Waals surface area contributed by atoms with E-state index in [1.54, 1.807) is 30.3 Å². The van der Waals surface area contributed by atoms with Crippen molar-refractivity contribution in [1.82, 2.24) is 0 Å². The van der Waals surface area contributed by atoms with Gasteiger partial charge in [0.2, 0.25) is 0 Å². The highest BCUT2D eigenvalue weighted by Crippen LogP contribution is 2.17. The van der Waals surface area contributed by atoms with Gasteiger partial charge in [0.25, 0.3) is 0 Å². The molecule has 0 amide bonds. The topological polar surface area (TPSA) is 79.8 Å². The third kappa shape index (κ3) is 3.75. The fourth-order valence-corrected chi connectivity index (χ4v) is 2.15. The fraction of sp³-hybridized carbons (Fsp3) is 0.176. The summed E-state index contributed by atoms with van der Waals surface area (Å²) < 4.78 is 0. The molecule has 0 aliphatic heterocycles. The molecule has 1 unspecified atom stereocenters. The first-order valence-corrected chi connectivity index (χ1v) is 6.61. The van der Waals surface area contributed by atoms with Gasteiger partial charge in [-0.15, -0.1) is 0 Å². The summed E-state index contributed by atoms with van der Waals surface area (Å²) in [6.07, 6.45) is 0.794. The zero-order valence-electron chi connectivity index (χ0n) is 11.7. The fourth-order valence-electron chi connectivity index (χ4n) is 2.15. The Balaban J connectivity index is 2.06. The summed E-state index contributed by atoms with van der Waals surface area (Å²) in [6.45, 7) is 2.04. The van der Waals surface area contributed by atoms with Crippen LogP contribution in [0.2, 0.25) is 0 Å². The van der Waals surface area contributed by atoms with E-state index in [4.69, 9.17) is 10.5 Å². The highest BCUT2D eigenvalue weighted by atomic mass is 16.3. The van der Waals surface area contributed by atoms with Gasteiger partial charge in [0, 0.05) is 11.7 Å². The maximum absolute atomic E-state index is 9.26. The van der Waals surface area contributed by atoms with Crippen molar-refractivity contribution in [3.8, 4) is 17.9 Å². The number of hydrogen-bond donors (Lipinski definition) is 2. The van der Waals surface area contributed by atoms with Crippen molar-refractivity contribution >= 4 is 5.69 Å². The third-order valence-corrected chi connectivity index (χ3v) is 3.15. The molecule has 104 valence electrons. The minimum absolute atomic E-state index is 0.161. The van der Waals surface area contributed by atoms with Crippen LogP contribution >= 0.6 is 0 Å². The lowest BCUT2D eigenvalue weighted by Crippen LogP contribution is -2.18. The van der Waals surface area contributed by atoms with E-state index in [0.717, 1.165) is 17.7 Å². The summed E-state index contributed by atoms with van der Waals surface area (Å²) in [7, 11) is 0. The Morgan fingerprint density at radius 2 is 1.71 bits per heavy atom. The Hall–Kier alpha value is -2.98. The summed E-state index contributed by atoms with van der Waals surface area (Å²) >= 11 is 0. The van der Waals surface area contributed by atoms with E-state index in [1.165, 1.54) is 0 Å². The predicted octanol–water partition coefficient (Wildman–Crippen LogP) is 3.18. The normalized spacial score (nSPS) is 11.2.